The van der Waals surface area contributed by atoms with Crippen LogP contribution in [0.15, 0.2) is 36.4 Å². The van der Waals surface area contributed by atoms with Crippen molar-refractivity contribution in [3.63, 3.8) is 0 Å². The molecule has 6 nitrogen and oxygen atoms in total. The summed E-state index contributed by atoms with van der Waals surface area (Å²) in [7, 11) is 1.69. The van der Waals surface area contributed by atoms with Gasteiger partial charge in [0.15, 0.2) is 11.5 Å². The highest BCUT2D eigenvalue weighted by Gasteiger charge is 2.30. The van der Waals surface area contributed by atoms with Gasteiger partial charge in [0, 0.05) is 35.6 Å². The minimum absolute atomic E-state index is 0.0497. The Kier molecular flexibility index (Phi) is 7.10. The first-order valence-corrected chi connectivity index (χ1v) is 14.2. The van der Waals surface area contributed by atoms with Crippen LogP contribution in [0.4, 0.5) is 0 Å². The molecule has 196 valence electrons. The second kappa shape index (κ2) is 10.8. The molecule has 3 aliphatic rings. The maximum atomic E-state index is 12.5. The van der Waals surface area contributed by atoms with Gasteiger partial charge in [-0.2, -0.15) is 0 Å². The lowest BCUT2D eigenvalue weighted by Gasteiger charge is -2.26. The molecule has 1 aromatic heterocycles. The van der Waals surface area contributed by atoms with Gasteiger partial charge in [-0.1, -0.05) is 37.8 Å². The van der Waals surface area contributed by atoms with E-state index in [9.17, 15) is 4.79 Å². The molecule has 1 saturated carbocycles. The van der Waals surface area contributed by atoms with Gasteiger partial charge in [-0.25, -0.2) is 0 Å². The Bertz CT molecular complexity index is 1270. The minimum atomic E-state index is -0.0497. The van der Waals surface area contributed by atoms with Crippen molar-refractivity contribution in [3.8, 4) is 22.8 Å². The number of nitrogens with zero attached hydrogens (tertiary/aromatic N) is 2. The predicted molar refractivity (Wildman–Crippen MR) is 148 cm³/mol. The number of hydrogen-bond acceptors (Lipinski definition) is 4. The van der Waals surface area contributed by atoms with E-state index in [1.54, 1.807) is 7.05 Å². The Morgan fingerprint density at radius 3 is 2.65 bits per heavy atom. The zero-order chi connectivity index (χ0) is 25.2. The largest absolute Gasteiger partial charge is 0.488 e. The third-order valence-corrected chi connectivity index (χ3v) is 8.52. The topological polar surface area (TPSA) is 55.7 Å². The number of hydrogen-bond donors (Lipinski definition) is 1. The van der Waals surface area contributed by atoms with Crippen LogP contribution >= 0.6 is 0 Å². The van der Waals surface area contributed by atoms with Crippen molar-refractivity contribution in [1.82, 2.24) is 14.8 Å². The predicted octanol–water partition coefficient (Wildman–Crippen LogP) is 5.97. The fraction of sp³-hybridized carbons (Fsp3) is 0.516. The third kappa shape index (κ3) is 4.72. The molecule has 37 heavy (non-hydrogen) atoms. The number of fused-ring (bicyclic) bond motifs is 5. The summed E-state index contributed by atoms with van der Waals surface area (Å²) < 4.78 is 15.2. The molecule has 2 aliphatic heterocycles. The van der Waals surface area contributed by atoms with Crippen LogP contribution in [0, 0.1) is 0 Å². The molecule has 1 saturated heterocycles. The Labute approximate surface area is 219 Å². The van der Waals surface area contributed by atoms with Gasteiger partial charge in [-0.3, -0.25) is 9.69 Å². The summed E-state index contributed by atoms with van der Waals surface area (Å²) in [5, 5.41) is 4.06. The molecule has 1 aliphatic carbocycles. The van der Waals surface area contributed by atoms with Gasteiger partial charge in [-0.15, -0.1) is 0 Å². The number of para-hydroxylation sites is 1. The maximum absolute atomic E-state index is 12.5. The molecule has 6 rings (SSSR count). The first kappa shape index (κ1) is 24.4. The number of rotatable bonds is 6. The van der Waals surface area contributed by atoms with Crippen molar-refractivity contribution in [2.75, 3.05) is 39.9 Å². The number of benzene rings is 2. The van der Waals surface area contributed by atoms with Crippen LogP contribution in [0.1, 0.15) is 73.2 Å². The quantitative estimate of drug-likeness (QED) is 0.452. The Hall–Kier alpha value is -2.99. The van der Waals surface area contributed by atoms with Gasteiger partial charge in [0.05, 0.1) is 12.2 Å². The fourth-order valence-electron chi connectivity index (χ4n) is 6.66. The molecule has 1 N–H and O–H groups in total. The molecule has 3 heterocycles. The highest BCUT2D eigenvalue weighted by Crippen LogP contribution is 2.49. The second-order valence-electron chi connectivity index (χ2n) is 10.8. The molecule has 6 heteroatoms. The summed E-state index contributed by atoms with van der Waals surface area (Å²) in [6.45, 7) is 5.31. The molecule has 0 atom stereocenters. The molecular weight excluding hydrogens is 462 g/mol. The maximum Gasteiger partial charge on any atom is 0.251 e. The molecule has 0 bridgehead atoms. The number of carbonyl (C=O) groups is 1. The summed E-state index contributed by atoms with van der Waals surface area (Å²) in [6, 6.07) is 12.6. The highest BCUT2D eigenvalue weighted by atomic mass is 16.5. The van der Waals surface area contributed by atoms with Crippen molar-refractivity contribution in [2.24, 2.45) is 0 Å². The number of aromatic nitrogens is 1. The van der Waals surface area contributed by atoms with Gasteiger partial charge < -0.3 is 19.4 Å². The van der Waals surface area contributed by atoms with Crippen molar-refractivity contribution in [3.05, 3.63) is 47.5 Å². The lowest BCUT2D eigenvalue weighted by atomic mass is 9.81. The average Bonchev–Trinajstić information content (AvgIpc) is 3.14. The van der Waals surface area contributed by atoms with E-state index in [0.717, 1.165) is 35.7 Å². The van der Waals surface area contributed by atoms with E-state index >= 15 is 0 Å². The second-order valence-corrected chi connectivity index (χ2v) is 10.8. The van der Waals surface area contributed by atoms with Crippen molar-refractivity contribution < 1.29 is 14.3 Å². The number of piperidine rings is 1. The smallest absolute Gasteiger partial charge is 0.251 e. The number of ether oxygens (including phenoxy) is 2. The minimum Gasteiger partial charge on any atom is -0.488 e. The van der Waals surface area contributed by atoms with Crippen LogP contribution in [0.3, 0.4) is 0 Å². The van der Waals surface area contributed by atoms with Gasteiger partial charge in [-0.05, 0) is 74.5 Å². The van der Waals surface area contributed by atoms with Crippen molar-refractivity contribution >= 4 is 16.8 Å². The van der Waals surface area contributed by atoms with Crippen LogP contribution in [-0.2, 0) is 6.54 Å². The summed E-state index contributed by atoms with van der Waals surface area (Å²) >= 11 is 0. The molecular formula is C31H39N3O3. The normalized spacial score (nSPS) is 18.5. The number of amides is 1. The van der Waals surface area contributed by atoms with Gasteiger partial charge >= 0.3 is 0 Å². The zero-order valence-electron chi connectivity index (χ0n) is 22.1. The summed E-state index contributed by atoms with van der Waals surface area (Å²) in [5.74, 6) is 2.18. The van der Waals surface area contributed by atoms with Crippen molar-refractivity contribution in [1.29, 1.82) is 0 Å². The molecule has 3 aromatic rings. The highest BCUT2D eigenvalue weighted by molar-refractivity contribution is 6.01. The number of nitrogens with one attached hydrogen (secondary N) is 1. The van der Waals surface area contributed by atoms with Crippen molar-refractivity contribution in [2.45, 2.75) is 63.8 Å². The number of carbonyl (C=O) groups excluding carboxylic acids is 1. The average molecular weight is 502 g/mol. The third-order valence-electron chi connectivity index (χ3n) is 8.52. The van der Waals surface area contributed by atoms with E-state index in [2.05, 4.69) is 45.1 Å². The lowest BCUT2D eigenvalue weighted by Crippen LogP contribution is -2.33. The Balaban J connectivity index is 1.42. The van der Waals surface area contributed by atoms with E-state index in [4.69, 9.17) is 9.47 Å². The van der Waals surface area contributed by atoms with Crippen LogP contribution in [0.25, 0.3) is 22.2 Å². The van der Waals surface area contributed by atoms with Crippen LogP contribution in [0.2, 0.25) is 0 Å². The summed E-state index contributed by atoms with van der Waals surface area (Å²) in [5.41, 5.74) is 5.63. The SMILES string of the molecule is CNC(=O)c1ccc2c(C3CCCCC3)c3n(c2c1)CCOc1c(OCCN2CCCCC2)cccc1-3. The molecule has 0 radical (unpaired) electrons. The molecule has 2 fully saturated rings. The first-order valence-electron chi connectivity index (χ1n) is 14.2. The lowest BCUT2D eigenvalue weighted by molar-refractivity contribution is 0.0963. The first-order chi connectivity index (χ1) is 18.2. The Morgan fingerprint density at radius 2 is 1.84 bits per heavy atom. The standard InChI is InChI=1S/C31H39N3O3/c1-32-31(35)23-13-14-24-26(21-23)34-18-20-37-30-25(29(34)28(24)22-9-4-2-5-10-22)11-8-12-27(30)36-19-17-33-15-6-3-7-16-33/h8,11-14,21-22H,2-7,9-10,15-20H2,1H3,(H,32,35). The van der Waals surface area contributed by atoms with Gasteiger partial charge in [0.1, 0.15) is 13.2 Å². The van der Waals surface area contributed by atoms with E-state index in [-0.39, 0.29) is 5.91 Å². The zero-order valence-corrected chi connectivity index (χ0v) is 22.1. The number of likely N-dealkylation sites (tertiary alicyclic amines) is 1. The van der Waals surface area contributed by atoms with Gasteiger partial charge in [0.2, 0.25) is 0 Å². The summed E-state index contributed by atoms with van der Waals surface area (Å²) in [6.07, 6.45) is 10.2. The summed E-state index contributed by atoms with van der Waals surface area (Å²) in [4.78, 5) is 15.0. The van der Waals surface area contributed by atoms with E-state index in [0.29, 0.717) is 24.7 Å². The molecule has 0 unspecified atom stereocenters. The molecule has 1 amide bonds. The van der Waals surface area contributed by atoms with E-state index < -0.39 is 0 Å². The fourth-order valence-corrected chi connectivity index (χ4v) is 6.66. The monoisotopic (exact) mass is 501 g/mol. The van der Waals surface area contributed by atoms with Gasteiger partial charge in [0.25, 0.3) is 5.91 Å². The van der Waals surface area contributed by atoms with Crippen LogP contribution in [0.5, 0.6) is 11.5 Å². The molecule has 0 spiro atoms. The van der Waals surface area contributed by atoms with Crippen LogP contribution < -0.4 is 14.8 Å². The molecule has 2 aromatic carbocycles. The van der Waals surface area contributed by atoms with Crippen LogP contribution in [-0.4, -0.2) is 55.3 Å². The Morgan fingerprint density at radius 1 is 1.03 bits per heavy atom. The van der Waals surface area contributed by atoms with E-state index in [1.165, 1.54) is 81.1 Å². The van der Waals surface area contributed by atoms with E-state index in [1.807, 2.05) is 6.07 Å².